The number of ether oxygens (including phenoxy) is 2. The molecular weight excluding hydrogens is 767 g/mol. The third kappa shape index (κ3) is 33.1. The minimum Gasteiger partial charge on any atom is -0.394 e. The Hall–Kier alpha value is -1.07. The topological polar surface area (TPSA) is 149 Å². The molecule has 6 N–H and O–H groups in total. The van der Waals surface area contributed by atoms with Crippen molar-refractivity contribution in [2.24, 2.45) is 0 Å². The largest absolute Gasteiger partial charge is 0.394 e. The van der Waals surface area contributed by atoms with Crippen LogP contribution in [0.1, 0.15) is 258 Å². The molecule has 1 saturated heterocycles. The van der Waals surface area contributed by atoms with Crippen LogP contribution in [0.4, 0.5) is 0 Å². The van der Waals surface area contributed by atoms with E-state index in [1.165, 1.54) is 193 Å². The lowest BCUT2D eigenvalue weighted by molar-refractivity contribution is -0.302. The first-order chi connectivity index (χ1) is 29.8. The highest BCUT2D eigenvalue weighted by Gasteiger charge is 2.44. The molecule has 1 fully saturated rings. The van der Waals surface area contributed by atoms with Gasteiger partial charge >= 0.3 is 0 Å². The van der Waals surface area contributed by atoms with Crippen LogP contribution in [-0.4, -0.2) is 87.5 Å². The number of rotatable bonds is 45. The van der Waals surface area contributed by atoms with E-state index < -0.39 is 49.5 Å². The first-order valence-electron chi connectivity index (χ1n) is 26.4. The number of amides is 1. The zero-order valence-electron chi connectivity index (χ0n) is 39.9. The number of carbonyl (C=O) groups is 1. The third-order valence-electron chi connectivity index (χ3n) is 12.9. The summed E-state index contributed by atoms with van der Waals surface area (Å²) in [6.07, 6.45) is 44.0. The molecule has 0 radical (unpaired) electrons. The molecule has 1 rings (SSSR count). The average Bonchev–Trinajstić information content (AvgIpc) is 3.26. The summed E-state index contributed by atoms with van der Waals surface area (Å²) in [7, 11) is 0. The van der Waals surface area contributed by atoms with Crippen LogP contribution in [0.2, 0.25) is 0 Å². The Morgan fingerprint density at radius 1 is 0.541 bits per heavy atom. The molecule has 7 atom stereocenters. The van der Waals surface area contributed by atoms with Crippen molar-refractivity contribution in [1.29, 1.82) is 0 Å². The lowest BCUT2D eigenvalue weighted by Gasteiger charge is -2.40. The average molecular weight is 868 g/mol. The van der Waals surface area contributed by atoms with Gasteiger partial charge in [0.2, 0.25) is 5.91 Å². The number of aliphatic hydroxyl groups is 5. The van der Waals surface area contributed by atoms with E-state index in [4.69, 9.17) is 9.47 Å². The van der Waals surface area contributed by atoms with Crippen LogP contribution in [0.5, 0.6) is 0 Å². The van der Waals surface area contributed by atoms with E-state index in [-0.39, 0.29) is 12.5 Å². The highest BCUT2D eigenvalue weighted by atomic mass is 16.7. The van der Waals surface area contributed by atoms with E-state index in [2.05, 4.69) is 31.3 Å². The maximum absolute atomic E-state index is 13.0. The summed E-state index contributed by atoms with van der Waals surface area (Å²) in [5.74, 6) is -0.142. The van der Waals surface area contributed by atoms with Crippen LogP contribution in [0, 0.1) is 0 Å². The fourth-order valence-electron chi connectivity index (χ4n) is 8.63. The van der Waals surface area contributed by atoms with Crippen molar-refractivity contribution in [3.05, 3.63) is 12.2 Å². The van der Waals surface area contributed by atoms with Crippen molar-refractivity contribution in [3.63, 3.8) is 0 Å². The molecule has 9 nitrogen and oxygen atoms in total. The Morgan fingerprint density at radius 3 is 1.33 bits per heavy atom. The number of allylic oxidation sites excluding steroid dienone is 2. The predicted molar refractivity (Wildman–Crippen MR) is 254 cm³/mol. The van der Waals surface area contributed by atoms with Crippen molar-refractivity contribution in [3.8, 4) is 0 Å². The van der Waals surface area contributed by atoms with Gasteiger partial charge in [-0.2, -0.15) is 0 Å². The molecule has 9 heteroatoms. The van der Waals surface area contributed by atoms with E-state index in [1.807, 2.05) is 0 Å². The summed E-state index contributed by atoms with van der Waals surface area (Å²) in [6.45, 7) is 3.82. The Balaban J connectivity index is 2.10. The van der Waals surface area contributed by atoms with Gasteiger partial charge in [-0.05, 0) is 38.5 Å². The number of carbonyl (C=O) groups excluding carboxylic acids is 1. The summed E-state index contributed by atoms with van der Waals surface area (Å²) < 4.78 is 11.2. The molecule has 1 heterocycles. The zero-order chi connectivity index (χ0) is 44.4. The summed E-state index contributed by atoms with van der Waals surface area (Å²) in [6, 6.07) is -0.712. The normalized spacial score (nSPS) is 20.4. The molecule has 61 heavy (non-hydrogen) atoms. The quantitative estimate of drug-likeness (QED) is 0.0262. The molecule has 0 aromatic heterocycles. The molecular formula is C52H101NO8. The minimum absolute atomic E-state index is 0.134. The molecule has 362 valence electrons. The number of hydrogen-bond donors (Lipinski definition) is 6. The molecule has 0 aliphatic carbocycles. The first kappa shape index (κ1) is 57.9. The summed E-state index contributed by atoms with van der Waals surface area (Å²) in [4.78, 5) is 13.0. The van der Waals surface area contributed by atoms with E-state index in [9.17, 15) is 30.3 Å². The van der Waals surface area contributed by atoms with Crippen LogP contribution in [0.15, 0.2) is 12.2 Å². The van der Waals surface area contributed by atoms with Crippen molar-refractivity contribution in [2.45, 2.75) is 301 Å². The number of hydrogen-bond acceptors (Lipinski definition) is 8. The molecule has 0 saturated carbocycles. The Morgan fingerprint density at radius 2 is 0.918 bits per heavy atom. The van der Waals surface area contributed by atoms with Crippen molar-refractivity contribution in [2.75, 3.05) is 13.2 Å². The van der Waals surface area contributed by atoms with Crippen LogP contribution < -0.4 is 5.32 Å². The summed E-state index contributed by atoms with van der Waals surface area (Å²) >= 11 is 0. The van der Waals surface area contributed by atoms with Crippen molar-refractivity contribution >= 4 is 5.91 Å². The molecule has 1 aliphatic heterocycles. The molecule has 0 spiro atoms. The van der Waals surface area contributed by atoms with E-state index in [1.54, 1.807) is 0 Å². The van der Waals surface area contributed by atoms with Gasteiger partial charge in [0.05, 0.1) is 25.4 Å². The van der Waals surface area contributed by atoms with Gasteiger partial charge in [0.1, 0.15) is 24.4 Å². The molecule has 1 aliphatic rings. The predicted octanol–water partition coefficient (Wildman–Crippen LogP) is 12.1. The van der Waals surface area contributed by atoms with Crippen molar-refractivity contribution in [1.82, 2.24) is 5.32 Å². The Labute approximate surface area is 376 Å². The van der Waals surface area contributed by atoms with E-state index >= 15 is 0 Å². The highest BCUT2D eigenvalue weighted by molar-refractivity contribution is 5.76. The molecule has 0 aromatic carbocycles. The smallest absolute Gasteiger partial charge is 0.220 e. The van der Waals surface area contributed by atoms with Crippen molar-refractivity contribution < 1.29 is 39.8 Å². The Bertz CT molecular complexity index is 966. The van der Waals surface area contributed by atoms with Gasteiger partial charge in [0.15, 0.2) is 6.29 Å². The second kappa shape index (κ2) is 42.9. The second-order valence-corrected chi connectivity index (χ2v) is 18.7. The van der Waals surface area contributed by atoms with Gasteiger partial charge in [-0.15, -0.1) is 0 Å². The lowest BCUT2D eigenvalue weighted by Crippen LogP contribution is -2.60. The van der Waals surface area contributed by atoms with E-state index in [0.29, 0.717) is 12.8 Å². The van der Waals surface area contributed by atoms with Crippen LogP contribution in [-0.2, 0) is 14.3 Å². The standard InChI is InChI=1S/C52H101NO8/c1-3-5-7-9-11-13-14-15-16-17-18-19-20-21-22-23-24-25-26-27-28-29-30-31-32-34-36-38-40-42-48(56)53-45(46(55)41-39-37-35-33-12-10-8-6-4-2)44-60-52-51(59)50(58)49(57)47(43-54)61-52/h17-18,45-47,49-52,54-55,57-59H,3-16,19-44H2,1-2H3,(H,53,56)/b18-17-. The van der Waals surface area contributed by atoms with E-state index in [0.717, 1.165) is 38.5 Å². The molecule has 7 unspecified atom stereocenters. The maximum Gasteiger partial charge on any atom is 0.220 e. The molecule has 0 aromatic rings. The summed E-state index contributed by atoms with van der Waals surface area (Å²) in [5, 5.41) is 54.3. The maximum atomic E-state index is 13.0. The fraction of sp³-hybridized carbons (Fsp3) is 0.942. The van der Waals surface area contributed by atoms with Gasteiger partial charge in [0.25, 0.3) is 0 Å². The minimum atomic E-state index is -1.55. The van der Waals surface area contributed by atoms with Gasteiger partial charge in [-0.3, -0.25) is 4.79 Å². The number of aliphatic hydroxyl groups excluding tert-OH is 5. The molecule has 1 amide bonds. The van der Waals surface area contributed by atoms with Crippen LogP contribution in [0.3, 0.4) is 0 Å². The third-order valence-corrected chi connectivity index (χ3v) is 12.9. The van der Waals surface area contributed by atoms with Gasteiger partial charge in [0, 0.05) is 6.42 Å². The van der Waals surface area contributed by atoms with Crippen LogP contribution in [0.25, 0.3) is 0 Å². The second-order valence-electron chi connectivity index (χ2n) is 18.7. The van der Waals surface area contributed by atoms with Crippen LogP contribution >= 0.6 is 0 Å². The lowest BCUT2D eigenvalue weighted by atomic mass is 9.99. The molecule has 0 bridgehead atoms. The fourth-order valence-corrected chi connectivity index (χ4v) is 8.63. The summed E-state index contributed by atoms with van der Waals surface area (Å²) in [5.41, 5.74) is 0. The highest BCUT2D eigenvalue weighted by Crippen LogP contribution is 2.23. The monoisotopic (exact) mass is 868 g/mol. The zero-order valence-corrected chi connectivity index (χ0v) is 39.9. The first-order valence-corrected chi connectivity index (χ1v) is 26.4. The number of unbranched alkanes of at least 4 members (excludes halogenated alkanes) is 33. The number of nitrogens with one attached hydrogen (secondary N) is 1. The van der Waals surface area contributed by atoms with Gasteiger partial charge < -0.3 is 40.3 Å². The Kier molecular flexibility index (Phi) is 40.7. The van der Waals surface area contributed by atoms with Gasteiger partial charge in [-0.25, -0.2) is 0 Å². The SMILES string of the molecule is CCCCCCCCCC/C=C\CCCCCCCCCCCCCCCCCCCC(=O)NC(COC1OC(CO)C(O)C(O)C1O)C(O)CCCCCCCCCCC. The van der Waals surface area contributed by atoms with Gasteiger partial charge in [-0.1, -0.05) is 225 Å².